The third kappa shape index (κ3) is 3.52. The average molecular weight is 314 g/mol. The molecule has 2 rings (SSSR count). The maximum Gasteiger partial charge on any atom is 0.254 e. The van der Waals surface area contributed by atoms with Crippen molar-refractivity contribution in [2.24, 2.45) is 0 Å². The van der Waals surface area contributed by atoms with Crippen LogP contribution in [0.4, 0.5) is 5.69 Å². The maximum absolute atomic E-state index is 12.5. The molecule has 1 aliphatic heterocycles. The summed E-state index contributed by atoms with van der Waals surface area (Å²) in [5.41, 5.74) is 6.08. The van der Waals surface area contributed by atoms with E-state index in [1.165, 1.54) is 23.1 Å². The Balaban J connectivity index is 2.37. The van der Waals surface area contributed by atoms with E-state index < -0.39 is 15.9 Å². The first kappa shape index (κ1) is 15.7. The normalized spacial score (nSPS) is 19.5. The molecule has 0 aliphatic carbocycles. The molecule has 7 nitrogen and oxygen atoms in total. The van der Waals surface area contributed by atoms with Gasteiger partial charge in [0.25, 0.3) is 5.91 Å². The molecule has 1 fully saturated rings. The molecule has 1 aromatic carbocycles. The van der Waals surface area contributed by atoms with Gasteiger partial charge in [-0.25, -0.2) is 8.42 Å². The van der Waals surface area contributed by atoms with Gasteiger partial charge in [0.05, 0.1) is 30.8 Å². The Morgan fingerprint density at radius 3 is 2.81 bits per heavy atom. The first-order valence-corrected chi connectivity index (χ1v) is 8.32. The zero-order chi connectivity index (χ0) is 15.6. The molecule has 1 aromatic rings. The number of amides is 1. The van der Waals surface area contributed by atoms with Gasteiger partial charge in [0, 0.05) is 24.1 Å². The molecular formula is C13H18N2O5S. The lowest BCUT2D eigenvalue weighted by Gasteiger charge is -2.34. The van der Waals surface area contributed by atoms with Crippen LogP contribution in [-0.4, -0.2) is 63.0 Å². The lowest BCUT2D eigenvalue weighted by Crippen LogP contribution is -2.50. The van der Waals surface area contributed by atoms with E-state index in [4.69, 9.17) is 10.5 Å². The summed E-state index contributed by atoms with van der Waals surface area (Å²) in [7, 11) is -3.46. The fourth-order valence-electron chi connectivity index (χ4n) is 2.20. The van der Waals surface area contributed by atoms with Crippen LogP contribution in [0.2, 0.25) is 0 Å². The number of carbonyl (C=O) groups is 1. The average Bonchev–Trinajstić information content (AvgIpc) is 2.45. The first-order valence-electron chi connectivity index (χ1n) is 6.43. The quantitative estimate of drug-likeness (QED) is 0.728. The van der Waals surface area contributed by atoms with Gasteiger partial charge < -0.3 is 20.5 Å². The summed E-state index contributed by atoms with van der Waals surface area (Å²) in [6, 6.07) is 3.61. The second-order valence-electron chi connectivity index (χ2n) is 4.97. The number of nitrogens with two attached hydrogens (primary N) is 1. The molecule has 1 heterocycles. The second kappa shape index (κ2) is 6.00. The SMILES string of the molecule is CS(=O)(=O)c1cc(N)cc(C(=O)N2CCOCC2CO)c1. The van der Waals surface area contributed by atoms with E-state index in [2.05, 4.69) is 0 Å². The van der Waals surface area contributed by atoms with Gasteiger partial charge in [0.15, 0.2) is 9.84 Å². The zero-order valence-electron chi connectivity index (χ0n) is 11.7. The molecule has 1 atom stereocenters. The first-order chi connectivity index (χ1) is 9.82. The zero-order valence-corrected chi connectivity index (χ0v) is 12.5. The van der Waals surface area contributed by atoms with Crippen molar-refractivity contribution in [3.05, 3.63) is 23.8 Å². The highest BCUT2D eigenvalue weighted by Crippen LogP contribution is 2.20. The van der Waals surface area contributed by atoms with E-state index in [-0.39, 0.29) is 35.3 Å². The summed E-state index contributed by atoms with van der Waals surface area (Å²) in [5, 5.41) is 9.30. The number of nitrogen functional groups attached to an aromatic ring is 1. The van der Waals surface area contributed by atoms with Crippen molar-refractivity contribution in [1.29, 1.82) is 0 Å². The summed E-state index contributed by atoms with van der Waals surface area (Å²) < 4.78 is 28.4. The third-order valence-corrected chi connectivity index (χ3v) is 4.40. The summed E-state index contributed by atoms with van der Waals surface area (Å²) in [6.45, 7) is 0.757. The van der Waals surface area contributed by atoms with E-state index in [9.17, 15) is 18.3 Å². The van der Waals surface area contributed by atoms with Crippen LogP contribution >= 0.6 is 0 Å². The number of aliphatic hydroxyl groups is 1. The predicted molar refractivity (Wildman–Crippen MR) is 76.7 cm³/mol. The lowest BCUT2D eigenvalue weighted by atomic mass is 10.1. The molecule has 0 radical (unpaired) electrons. The number of rotatable bonds is 3. The fraction of sp³-hybridized carbons (Fsp3) is 0.462. The number of sulfone groups is 1. The van der Waals surface area contributed by atoms with Gasteiger partial charge in [-0.2, -0.15) is 0 Å². The van der Waals surface area contributed by atoms with Crippen LogP contribution in [0.3, 0.4) is 0 Å². The largest absolute Gasteiger partial charge is 0.399 e. The van der Waals surface area contributed by atoms with Gasteiger partial charge in [-0.1, -0.05) is 0 Å². The number of anilines is 1. The van der Waals surface area contributed by atoms with Crippen molar-refractivity contribution in [1.82, 2.24) is 4.90 Å². The maximum atomic E-state index is 12.5. The van der Waals surface area contributed by atoms with Gasteiger partial charge in [0.2, 0.25) is 0 Å². The van der Waals surface area contributed by atoms with Gasteiger partial charge in [-0.05, 0) is 18.2 Å². The number of nitrogens with zero attached hydrogens (tertiary/aromatic N) is 1. The van der Waals surface area contributed by atoms with Gasteiger partial charge in [0.1, 0.15) is 0 Å². The van der Waals surface area contributed by atoms with Crippen molar-refractivity contribution in [2.45, 2.75) is 10.9 Å². The molecule has 0 spiro atoms. The van der Waals surface area contributed by atoms with E-state index in [0.29, 0.717) is 13.2 Å². The molecular weight excluding hydrogens is 296 g/mol. The van der Waals surface area contributed by atoms with E-state index >= 15 is 0 Å². The number of hydrogen-bond acceptors (Lipinski definition) is 6. The molecule has 21 heavy (non-hydrogen) atoms. The van der Waals surface area contributed by atoms with Crippen molar-refractivity contribution in [3.63, 3.8) is 0 Å². The standard InChI is InChI=1S/C13H18N2O5S/c1-21(18,19)12-5-9(4-10(14)6-12)13(17)15-2-3-20-8-11(15)7-16/h4-6,11,16H,2-3,7-8,14H2,1H3. The number of ether oxygens (including phenoxy) is 1. The highest BCUT2D eigenvalue weighted by Gasteiger charge is 2.28. The Hall–Kier alpha value is -1.64. The molecule has 1 saturated heterocycles. The molecule has 0 bridgehead atoms. The minimum atomic E-state index is -3.46. The number of morpholine rings is 1. The Bertz CT molecular complexity index is 644. The smallest absolute Gasteiger partial charge is 0.254 e. The van der Waals surface area contributed by atoms with Gasteiger partial charge in [-0.15, -0.1) is 0 Å². The van der Waals surface area contributed by atoms with Crippen LogP contribution in [0.1, 0.15) is 10.4 Å². The molecule has 3 N–H and O–H groups in total. The molecule has 8 heteroatoms. The van der Waals surface area contributed by atoms with E-state index in [1.54, 1.807) is 0 Å². The Morgan fingerprint density at radius 2 is 2.19 bits per heavy atom. The number of benzene rings is 1. The topological polar surface area (TPSA) is 110 Å². The van der Waals surface area contributed by atoms with E-state index in [1.807, 2.05) is 0 Å². The monoisotopic (exact) mass is 314 g/mol. The number of hydrogen-bond donors (Lipinski definition) is 2. The molecule has 1 unspecified atom stereocenters. The van der Waals surface area contributed by atoms with Gasteiger partial charge >= 0.3 is 0 Å². The second-order valence-corrected chi connectivity index (χ2v) is 6.99. The summed E-state index contributed by atoms with van der Waals surface area (Å²) in [4.78, 5) is 14.0. The molecule has 1 amide bonds. The van der Waals surface area contributed by atoms with Crippen molar-refractivity contribution in [2.75, 3.05) is 38.4 Å². The predicted octanol–water partition coefficient (Wildman–Crippen LogP) is -0.494. The van der Waals surface area contributed by atoms with Crippen molar-refractivity contribution >= 4 is 21.4 Å². The minimum absolute atomic E-state index is 0.000317. The summed E-state index contributed by atoms with van der Waals surface area (Å²) in [5.74, 6) is -0.366. The van der Waals surface area contributed by atoms with Crippen molar-refractivity contribution in [3.8, 4) is 0 Å². The molecule has 0 aromatic heterocycles. The molecule has 116 valence electrons. The third-order valence-electron chi connectivity index (χ3n) is 3.30. The van der Waals surface area contributed by atoms with Crippen LogP contribution < -0.4 is 5.73 Å². The van der Waals surface area contributed by atoms with Gasteiger partial charge in [-0.3, -0.25) is 4.79 Å². The number of aliphatic hydroxyl groups excluding tert-OH is 1. The Morgan fingerprint density at radius 1 is 1.48 bits per heavy atom. The minimum Gasteiger partial charge on any atom is -0.399 e. The fourth-order valence-corrected chi connectivity index (χ4v) is 2.89. The molecule has 1 aliphatic rings. The van der Waals surface area contributed by atoms with Crippen molar-refractivity contribution < 1.29 is 23.1 Å². The summed E-state index contributed by atoms with van der Waals surface area (Å²) >= 11 is 0. The highest BCUT2D eigenvalue weighted by molar-refractivity contribution is 7.90. The Kier molecular flexibility index (Phi) is 4.50. The van der Waals surface area contributed by atoms with Crippen LogP contribution in [0.5, 0.6) is 0 Å². The number of carbonyl (C=O) groups excluding carboxylic acids is 1. The van der Waals surface area contributed by atoms with E-state index in [0.717, 1.165) is 6.26 Å². The Labute approximate surface area is 123 Å². The summed E-state index contributed by atoms with van der Waals surface area (Å²) in [6.07, 6.45) is 1.06. The lowest BCUT2D eigenvalue weighted by molar-refractivity contribution is -0.0184. The molecule has 0 saturated carbocycles. The van der Waals surface area contributed by atoms with Crippen LogP contribution in [0.25, 0.3) is 0 Å². The van der Waals surface area contributed by atoms with Crippen LogP contribution in [-0.2, 0) is 14.6 Å². The van der Waals surface area contributed by atoms with Crippen LogP contribution in [0.15, 0.2) is 23.1 Å². The highest BCUT2D eigenvalue weighted by atomic mass is 32.2. The van der Waals surface area contributed by atoms with Crippen LogP contribution in [0, 0.1) is 0 Å².